The van der Waals surface area contributed by atoms with E-state index in [2.05, 4.69) is 25.3 Å². The third kappa shape index (κ3) is 2.65. The minimum absolute atomic E-state index is 0.0368. The number of morpholine rings is 1. The summed E-state index contributed by atoms with van der Waals surface area (Å²) in [5.41, 5.74) is 1.68. The van der Waals surface area contributed by atoms with Gasteiger partial charge < -0.3 is 4.74 Å². The molecule has 1 aliphatic heterocycles. The van der Waals surface area contributed by atoms with E-state index >= 15 is 0 Å². The van der Waals surface area contributed by atoms with Gasteiger partial charge >= 0.3 is 0 Å². The minimum atomic E-state index is -3.42. The van der Waals surface area contributed by atoms with Crippen molar-refractivity contribution in [1.29, 1.82) is 0 Å². The predicted octanol–water partition coefficient (Wildman–Crippen LogP) is 2.43. The van der Waals surface area contributed by atoms with Crippen LogP contribution in [0.3, 0.4) is 0 Å². The van der Waals surface area contributed by atoms with E-state index in [1.165, 1.54) is 0 Å². The summed E-state index contributed by atoms with van der Waals surface area (Å²) in [6, 6.07) is 7.08. The molecule has 1 aliphatic carbocycles. The van der Waals surface area contributed by atoms with Gasteiger partial charge in [0, 0.05) is 24.5 Å². The lowest BCUT2D eigenvalue weighted by atomic mass is 9.62. The quantitative estimate of drug-likeness (QED) is 0.796. The van der Waals surface area contributed by atoms with Crippen LogP contribution in [0.1, 0.15) is 19.4 Å². The summed E-state index contributed by atoms with van der Waals surface area (Å²) in [7, 11) is -3.42. The fraction of sp³-hybridized carbons (Fsp3) is 0.556. The minimum Gasteiger partial charge on any atom is -0.379 e. The SMILES string of the molecule is C=C1[C@@H](S(=O)(=O)c2ccc(C)cc2)[C@H](N2CCOCC2)C1(C)C. The van der Waals surface area contributed by atoms with Gasteiger partial charge in [-0.2, -0.15) is 0 Å². The molecule has 1 aromatic carbocycles. The second-order valence-electron chi connectivity index (χ2n) is 7.12. The first-order valence-corrected chi connectivity index (χ1v) is 9.62. The van der Waals surface area contributed by atoms with Crippen molar-refractivity contribution in [2.24, 2.45) is 5.41 Å². The number of sulfone groups is 1. The second kappa shape index (κ2) is 5.72. The summed E-state index contributed by atoms with van der Waals surface area (Å²) in [5, 5.41) is -0.529. The highest BCUT2D eigenvalue weighted by atomic mass is 32.2. The Bertz CT molecular complexity index is 700. The molecule has 1 heterocycles. The topological polar surface area (TPSA) is 46.6 Å². The van der Waals surface area contributed by atoms with E-state index < -0.39 is 15.1 Å². The van der Waals surface area contributed by atoms with E-state index in [4.69, 9.17) is 4.74 Å². The van der Waals surface area contributed by atoms with Gasteiger partial charge in [0.15, 0.2) is 9.84 Å². The lowest BCUT2D eigenvalue weighted by Gasteiger charge is -2.57. The lowest BCUT2D eigenvalue weighted by molar-refractivity contribution is -0.0258. The molecular weight excluding hydrogens is 310 g/mol. The van der Waals surface area contributed by atoms with Crippen molar-refractivity contribution in [1.82, 2.24) is 4.90 Å². The monoisotopic (exact) mass is 335 g/mol. The summed E-state index contributed by atoms with van der Waals surface area (Å²) in [6.45, 7) is 13.1. The molecule has 1 saturated heterocycles. The van der Waals surface area contributed by atoms with Crippen LogP contribution in [0.25, 0.3) is 0 Å². The Balaban J connectivity index is 1.96. The number of ether oxygens (including phenoxy) is 1. The molecule has 0 spiro atoms. The van der Waals surface area contributed by atoms with Gasteiger partial charge in [-0.3, -0.25) is 4.90 Å². The maximum atomic E-state index is 13.2. The molecule has 3 rings (SSSR count). The second-order valence-corrected chi connectivity index (χ2v) is 9.19. The zero-order valence-electron chi connectivity index (χ0n) is 14.1. The van der Waals surface area contributed by atoms with Crippen LogP contribution in [0.5, 0.6) is 0 Å². The predicted molar refractivity (Wildman–Crippen MR) is 91.3 cm³/mol. The molecule has 0 radical (unpaired) electrons. The van der Waals surface area contributed by atoms with Crippen molar-refractivity contribution in [3.05, 3.63) is 42.0 Å². The summed E-state index contributed by atoms with van der Waals surface area (Å²) in [5.74, 6) is 0. The van der Waals surface area contributed by atoms with E-state index in [1.807, 2.05) is 19.1 Å². The Kier molecular flexibility index (Phi) is 4.15. The largest absolute Gasteiger partial charge is 0.379 e. The molecule has 0 amide bonds. The van der Waals surface area contributed by atoms with Crippen LogP contribution in [-0.2, 0) is 14.6 Å². The van der Waals surface area contributed by atoms with Gasteiger partial charge in [-0.05, 0) is 19.1 Å². The first kappa shape index (κ1) is 16.7. The fourth-order valence-corrected chi connectivity index (χ4v) is 6.10. The molecule has 1 aromatic rings. The van der Waals surface area contributed by atoms with Crippen molar-refractivity contribution in [3.63, 3.8) is 0 Å². The van der Waals surface area contributed by atoms with E-state index in [0.717, 1.165) is 24.2 Å². The molecule has 0 unspecified atom stereocenters. The maximum Gasteiger partial charge on any atom is 0.186 e. The average Bonchev–Trinajstić information content (AvgIpc) is 2.52. The Hall–Kier alpha value is -1.17. The van der Waals surface area contributed by atoms with Gasteiger partial charge in [-0.15, -0.1) is 0 Å². The molecule has 2 fully saturated rings. The number of rotatable bonds is 3. The number of hydrogen-bond donors (Lipinski definition) is 0. The van der Waals surface area contributed by atoms with Crippen LogP contribution >= 0.6 is 0 Å². The molecule has 2 aliphatic rings. The zero-order chi connectivity index (χ0) is 16.8. The number of aryl methyl sites for hydroxylation is 1. The highest BCUT2D eigenvalue weighted by Crippen LogP contribution is 2.52. The van der Waals surface area contributed by atoms with Gasteiger partial charge in [0.25, 0.3) is 0 Å². The molecule has 0 N–H and O–H groups in total. The molecule has 4 nitrogen and oxygen atoms in total. The molecule has 1 saturated carbocycles. The third-order valence-corrected chi connectivity index (χ3v) is 7.46. The Morgan fingerprint density at radius 2 is 1.74 bits per heavy atom. The molecule has 0 bridgehead atoms. The van der Waals surface area contributed by atoms with Crippen molar-refractivity contribution in [3.8, 4) is 0 Å². The molecular formula is C18H25NO3S. The summed E-state index contributed by atoms with van der Waals surface area (Å²) >= 11 is 0. The van der Waals surface area contributed by atoms with Crippen LogP contribution in [0.2, 0.25) is 0 Å². The Morgan fingerprint density at radius 1 is 1.17 bits per heavy atom. The molecule has 0 aromatic heterocycles. The van der Waals surface area contributed by atoms with Crippen molar-refractivity contribution in [2.45, 2.75) is 37.0 Å². The normalized spacial score (nSPS) is 28.4. The molecule has 5 heteroatoms. The highest BCUT2D eigenvalue weighted by molar-refractivity contribution is 7.92. The number of nitrogens with zero attached hydrogens (tertiary/aromatic N) is 1. The van der Waals surface area contributed by atoms with Gasteiger partial charge in [0.05, 0.1) is 18.1 Å². The van der Waals surface area contributed by atoms with Crippen LogP contribution in [0.15, 0.2) is 41.3 Å². The van der Waals surface area contributed by atoms with Crippen LogP contribution in [0, 0.1) is 12.3 Å². The maximum absolute atomic E-state index is 13.2. The molecule has 126 valence electrons. The van der Waals surface area contributed by atoms with Gasteiger partial charge in [0.1, 0.15) is 5.25 Å². The van der Waals surface area contributed by atoms with Gasteiger partial charge in [-0.25, -0.2) is 8.42 Å². The van der Waals surface area contributed by atoms with E-state index in [9.17, 15) is 8.42 Å². The summed E-state index contributed by atoms with van der Waals surface area (Å²) < 4.78 is 31.7. The smallest absolute Gasteiger partial charge is 0.186 e. The summed E-state index contributed by atoms with van der Waals surface area (Å²) in [6.07, 6.45) is 0. The van der Waals surface area contributed by atoms with E-state index in [1.54, 1.807) is 12.1 Å². The first-order valence-electron chi connectivity index (χ1n) is 8.08. The highest BCUT2D eigenvalue weighted by Gasteiger charge is 2.59. The lowest BCUT2D eigenvalue weighted by Crippen LogP contribution is -2.67. The zero-order valence-corrected chi connectivity index (χ0v) is 14.9. The average molecular weight is 335 g/mol. The van der Waals surface area contributed by atoms with Crippen molar-refractivity contribution >= 4 is 9.84 Å². The molecule has 2 atom stereocenters. The van der Waals surface area contributed by atoms with Crippen molar-refractivity contribution in [2.75, 3.05) is 26.3 Å². The van der Waals surface area contributed by atoms with E-state index in [-0.39, 0.29) is 11.5 Å². The number of hydrogen-bond acceptors (Lipinski definition) is 4. The summed E-state index contributed by atoms with van der Waals surface area (Å²) in [4.78, 5) is 2.65. The Morgan fingerprint density at radius 3 is 2.30 bits per heavy atom. The van der Waals surface area contributed by atoms with Crippen molar-refractivity contribution < 1.29 is 13.2 Å². The van der Waals surface area contributed by atoms with Crippen LogP contribution in [0.4, 0.5) is 0 Å². The van der Waals surface area contributed by atoms with Gasteiger partial charge in [-0.1, -0.05) is 43.7 Å². The fourth-order valence-electron chi connectivity index (χ4n) is 3.76. The van der Waals surface area contributed by atoms with Crippen LogP contribution in [-0.4, -0.2) is 50.9 Å². The Labute approximate surface area is 139 Å². The van der Waals surface area contributed by atoms with Gasteiger partial charge in [0.2, 0.25) is 0 Å². The standard InChI is InChI=1S/C18H25NO3S/c1-13-5-7-15(8-6-13)23(20,21)16-14(2)18(3,4)17(16)19-9-11-22-12-10-19/h5-8,16-17H,2,9-12H2,1,3-4H3/t16-,17+/m1/s1. The first-order chi connectivity index (χ1) is 10.8. The number of benzene rings is 1. The third-order valence-electron chi connectivity index (χ3n) is 5.32. The van der Waals surface area contributed by atoms with E-state index in [0.29, 0.717) is 18.1 Å². The molecule has 23 heavy (non-hydrogen) atoms. The van der Waals surface area contributed by atoms with Crippen LogP contribution < -0.4 is 0 Å².